The molecule has 4 nitrogen and oxygen atoms in total. The summed E-state index contributed by atoms with van der Waals surface area (Å²) in [4.78, 5) is 11.7. The van der Waals surface area contributed by atoms with E-state index in [1.165, 1.54) is 0 Å². The van der Waals surface area contributed by atoms with E-state index in [-0.39, 0.29) is 18.8 Å². The summed E-state index contributed by atoms with van der Waals surface area (Å²) in [5.41, 5.74) is 2.58. The Bertz CT molecular complexity index is 640. The highest BCUT2D eigenvalue weighted by Gasteiger charge is 2.12. The maximum absolute atomic E-state index is 11.7. The van der Waals surface area contributed by atoms with Crippen LogP contribution < -0.4 is 10.4 Å². The van der Waals surface area contributed by atoms with Crippen molar-refractivity contribution in [3.05, 3.63) is 39.2 Å². The Hall–Kier alpha value is -1.81. The third kappa shape index (κ3) is 1.99. The minimum Gasteiger partial charge on any atom is -0.491 e. The Morgan fingerprint density at radius 2 is 1.89 bits per heavy atom. The number of benzene rings is 1. The molecular formula is C14H16O4. The van der Waals surface area contributed by atoms with Gasteiger partial charge in [-0.05, 0) is 38.5 Å². The van der Waals surface area contributed by atoms with Gasteiger partial charge in [0.05, 0.1) is 6.61 Å². The lowest BCUT2D eigenvalue weighted by Gasteiger charge is -2.11. The molecule has 18 heavy (non-hydrogen) atoms. The third-order valence-corrected chi connectivity index (χ3v) is 3.17. The number of aliphatic hydroxyl groups is 1. The summed E-state index contributed by atoms with van der Waals surface area (Å²) in [5.74, 6) is 0.628. The predicted molar refractivity (Wildman–Crippen MR) is 69.3 cm³/mol. The van der Waals surface area contributed by atoms with Crippen molar-refractivity contribution in [3.63, 3.8) is 0 Å². The fraction of sp³-hybridized carbons (Fsp3) is 0.357. The van der Waals surface area contributed by atoms with Crippen molar-refractivity contribution in [2.24, 2.45) is 0 Å². The lowest BCUT2D eigenvalue weighted by molar-refractivity contribution is 0.200. The summed E-state index contributed by atoms with van der Waals surface area (Å²) >= 11 is 0. The first-order valence-electron chi connectivity index (χ1n) is 5.83. The SMILES string of the molecule is Cc1c(C)c2ccc(OCCO)c(C)c2oc1=O. The molecule has 1 aromatic carbocycles. The quantitative estimate of drug-likeness (QED) is 0.845. The average molecular weight is 248 g/mol. The van der Waals surface area contributed by atoms with Crippen LogP contribution in [0.1, 0.15) is 16.7 Å². The topological polar surface area (TPSA) is 59.7 Å². The second kappa shape index (κ2) is 4.82. The Labute approximate surface area is 105 Å². The first kappa shape index (κ1) is 12.6. The maximum Gasteiger partial charge on any atom is 0.339 e. The molecule has 1 N–H and O–H groups in total. The Morgan fingerprint density at radius 3 is 2.56 bits per heavy atom. The number of hydrogen-bond donors (Lipinski definition) is 1. The van der Waals surface area contributed by atoms with Gasteiger partial charge in [0.25, 0.3) is 0 Å². The van der Waals surface area contributed by atoms with Crippen LogP contribution in [-0.2, 0) is 0 Å². The second-order valence-corrected chi connectivity index (χ2v) is 4.28. The minimum absolute atomic E-state index is 0.0473. The van der Waals surface area contributed by atoms with E-state index in [1.54, 1.807) is 6.92 Å². The van der Waals surface area contributed by atoms with E-state index < -0.39 is 0 Å². The minimum atomic E-state index is -0.317. The number of aryl methyl sites for hydroxylation is 2. The number of fused-ring (bicyclic) bond motifs is 1. The largest absolute Gasteiger partial charge is 0.491 e. The number of aliphatic hydroxyl groups excluding tert-OH is 1. The highest BCUT2D eigenvalue weighted by Crippen LogP contribution is 2.29. The summed E-state index contributed by atoms with van der Waals surface area (Å²) in [6, 6.07) is 3.71. The van der Waals surface area contributed by atoms with E-state index in [2.05, 4.69) is 0 Å². The fourth-order valence-corrected chi connectivity index (χ4v) is 1.94. The fourth-order valence-electron chi connectivity index (χ4n) is 1.94. The van der Waals surface area contributed by atoms with Gasteiger partial charge < -0.3 is 14.3 Å². The molecule has 0 atom stereocenters. The maximum atomic E-state index is 11.7. The van der Waals surface area contributed by atoms with Crippen LogP contribution in [0.15, 0.2) is 21.3 Å². The number of rotatable bonds is 3. The van der Waals surface area contributed by atoms with Gasteiger partial charge in [-0.3, -0.25) is 0 Å². The van der Waals surface area contributed by atoms with Crippen molar-refractivity contribution in [3.8, 4) is 5.75 Å². The van der Waals surface area contributed by atoms with Crippen molar-refractivity contribution in [1.29, 1.82) is 0 Å². The van der Waals surface area contributed by atoms with E-state index >= 15 is 0 Å². The van der Waals surface area contributed by atoms with Gasteiger partial charge in [0, 0.05) is 16.5 Å². The molecule has 0 amide bonds. The normalized spacial score (nSPS) is 10.9. The molecule has 0 fully saturated rings. The smallest absolute Gasteiger partial charge is 0.339 e. The van der Waals surface area contributed by atoms with Crippen LogP contribution in [0.3, 0.4) is 0 Å². The lowest BCUT2D eigenvalue weighted by atomic mass is 10.0. The summed E-state index contributed by atoms with van der Waals surface area (Å²) in [6.45, 7) is 5.68. The molecule has 2 aromatic rings. The number of hydrogen-bond acceptors (Lipinski definition) is 4. The van der Waals surface area contributed by atoms with Crippen molar-refractivity contribution in [2.75, 3.05) is 13.2 Å². The Kier molecular flexibility index (Phi) is 3.39. The van der Waals surface area contributed by atoms with Crippen LogP contribution in [0.5, 0.6) is 5.75 Å². The molecule has 0 aliphatic carbocycles. The van der Waals surface area contributed by atoms with Crippen LogP contribution in [0, 0.1) is 20.8 Å². The molecule has 0 radical (unpaired) electrons. The molecule has 1 aromatic heterocycles. The molecule has 1 heterocycles. The highest BCUT2D eigenvalue weighted by molar-refractivity contribution is 5.85. The molecule has 96 valence electrons. The summed E-state index contributed by atoms with van der Waals surface area (Å²) in [5, 5.41) is 9.68. The first-order valence-corrected chi connectivity index (χ1v) is 5.83. The van der Waals surface area contributed by atoms with Gasteiger partial charge in [-0.2, -0.15) is 0 Å². The van der Waals surface area contributed by atoms with Gasteiger partial charge in [-0.1, -0.05) is 0 Å². The van der Waals surface area contributed by atoms with E-state index in [4.69, 9.17) is 14.3 Å². The summed E-state index contributed by atoms with van der Waals surface area (Å²) in [6.07, 6.45) is 0. The Balaban J connectivity index is 2.68. The molecule has 4 heteroatoms. The third-order valence-electron chi connectivity index (χ3n) is 3.17. The van der Waals surface area contributed by atoms with E-state index in [0.29, 0.717) is 16.9 Å². The van der Waals surface area contributed by atoms with Crippen LogP contribution in [0.4, 0.5) is 0 Å². The van der Waals surface area contributed by atoms with Gasteiger partial charge >= 0.3 is 5.63 Å². The van der Waals surface area contributed by atoms with Crippen molar-refractivity contribution in [2.45, 2.75) is 20.8 Å². The van der Waals surface area contributed by atoms with Crippen molar-refractivity contribution in [1.82, 2.24) is 0 Å². The highest BCUT2D eigenvalue weighted by atomic mass is 16.5. The molecule has 0 saturated carbocycles. The van der Waals surface area contributed by atoms with Crippen molar-refractivity contribution >= 4 is 11.0 Å². The van der Waals surface area contributed by atoms with Gasteiger partial charge in [0.15, 0.2) is 0 Å². The molecule has 0 bridgehead atoms. The summed E-state index contributed by atoms with van der Waals surface area (Å²) < 4.78 is 10.7. The van der Waals surface area contributed by atoms with Crippen LogP contribution in [-0.4, -0.2) is 18.3 Å². The van der Waals surface area contributed by atoms with Gasteiger partial charge in [0.1, 0.15) is 17.9 Å². The number of ether oxygens (including phenoxy) is 1. The second-order valence-electron chi connectivity index (χ2n) is 4.28. The van der Waals surface area contributed by atoms with E-state index in [9.17, 15) is 4.79 Å². The molecule has 0 aliphatic heterocycles. The zero-order valence-corrected chi connectivity index (χ0v) is 10.7. The summed E-state index contributed by atoms with van der Waals surface area (Å²) in [7, 11) is 0. The predicted octanol–water partition coefficient (Wildman–Crippen LogP) is 2.09. The zero-order valence-electron chi connectivity index (χ0n) is 10.7. The molecular weight excluding hydrogens is 232 g/mol. The van der Waals surface area contributed by atoms with Gasteiger partial charge in [-0.15, -0.1) is 0 Å². The van der Waals surface area contributed by atoms with Crippen LogP contribution >= 0.6 is 0 Å². The van der Waals surface area contributed by atoms with Crippen LogP contribution in [0.2, 0.25) is 0 Å². The zero-order chi connectivity index (χ0) is 13.3. The molecule has 0 aliphatic rings. The average Bonchev–Trinajstić information content (AvgIpc) is 2.36. The molecule has 0 unspecified atom stereocenters. The lowest BCUT2D eigenvalue weighted by Crippen LogP contribution is -2.07. The van der Waals surface area contributed by atoms with E-state index in [0.717, 1.165) is 16.5 Å². The Morgan fingerprint density at radius 1 is 1.17 bits per heavy atom. The van der Waals surface area contributed by atoms with Crippen LogP contribution in [0.25, 0.3) is 11.0 Å². The standard InChI is InChI=1S/C14H16O4/c1-8-9(2)14(16)18-13-10(3)12(17-7-6-15)5-4-11(8)13/h4-5,15H,6-7H2,1-3H3. The van der Waals surface area contributed by atoms with Gasteiger partial charge in [-0.25, -0.2) is 4.79 Å². The molecule has 2 rings (SSSR count). The van der Waals surface area contributed by atoms with Crippen molar-refractivity contribution < 1.29 is 14.3 Å². The molecule has 0 spiro atoms. The van der Waals surface area contributed by atoms with E-state index in [1.807, 2.05) is 26.0 Å². The first-order chi connectivity index (χ1) is 8.56. The monoisotopic (exact) mass is 248 g/mol. The molecule has 0 saturated heterocycles. The van der Waals surface area contributed by atoms with Gasteiger partial charge in [0.2, 0.25) is 0 Å².